The second-order valence-electron chi connectivity index (χ2n) is 5.81. The predicted molar refractivity (Wildman–Crippen MR) is 82.1 cm³/mol. The molecule has 1 saturated carbocycles. The molecule has 0 aromatic heterocycles. The maximum Gasteiger partial charge on any atom is 0.230 e. The Bertz CT molecular complexity index is 441. The minimum atomic E-state index is -0.522. The van der Waals surface area contributed by atoms with Crippen LogP contribution >= 0.6 is 0 Å². The minimum absolute atomic E-state index is 0.0933. The van der Waals surface area contributed by atoms with Gasteiger partial charge in [-0.3, -0.25) is 4.79 Å². The van der Waals surface area contributed by atoms with Gasteiger partial charge in [0, 0.05) is 13.7 Å². The first kappa shape index (κ1) is 16.0. The third-order valence-electron chi connectivity index (χ3n) is 4.34. The molecule has 1 aliphatic carbocycles. The van der Waals surface area contributed by atoms with Gasteiger partial charge in [0.15, 0.2) is 0 Å². The first-order valence-electron chi connectivity index (χ1n) is 7.70. The number of nitrogens with one attached hydrogen (secondary N) is 1. The van der Waals surface area contributed by atoms with Crippen LogP contribution in [0.5, 0.6) is 0 Å². The molecule has 0 aliphatic heterocycles. The summed E-state index contributed by atoms with van der Waals surface area (Å²) >= 11 is 0. The monoisotopic (exact) mass is 291 g/mol. The summed E-state index contributed by atoms with van der Waals surface area (Å²) in [5, 5.41) is 12.6. The molecule has 1 fully saturated rings. The van der Waals surface area contributed by atoms with Crippen LogP contribution in [0.25, 0.3) is 0 Å². The molecular weight excluding hydrogens is 266 g/mol. The number of methoxy groups -OCH3 is 1. The molecule has 0 heterocycles. The lowest BCUT2D eigenvalue weighted by atomic mass is 9.78. The van der Waals surface area contributed by atoms with Gasteiger partial charge in [-0.25, -0.2) is 0 Å². The SMILES string of the molecule is COCC(O)CCNC(=O)C1(c2ccccc2)CCCC1. The zero-order valence-corrected chi connectivity index (χ0v) is 12.7. The van der Waals surface area contributed by atoms with Crippen molar-refractivity contribution in [2.24, 2.45) is 0 Å². The van der Waals surface area contributed by atoms with Gasteiger partial charge in [-0.2, -0.15) is 0 Å². The molecule has 0 bridgehead atoms. The highest BCUT2D eigenvalue weighted by molar-refractivity contribution is 5.88. The molecule has 0 saturated heterocycles. The summed E-state index contributed by atoms with van der Waals surface area (Å²) in [7, 11) is 1.56. The molecule has 2 N–H and O–H groups in total. The number of carbonyl (C=O) groups excluding carboxylic acids is 1. The highest BCUT2D eigenvalue weighted by atomic mass is 16.5. The smallest absolute Gasteiger partial charge is 0.230 e. The number of benzene rings is 1. The van der Waals surface area contributed by atoms with Crippen molar-refractivity contribution in [3.8, 4) is 0 Å². The van der Waals surface area contributed by atoms with E-state index in [0.717, 1.165) is 31.2 Å². The van der Waals surface area contributed by atoms with Crippen molar-refractivity contribution in [3.05, 3.63) is 35.9 Å². The van der Waals surface area contributed by atoms with E-state index in [1.807, 2.05) is 30.3 Å². The summed E-state index contributed by atoms with van der Waals surface area (Å²) in [6, 6.07) is 10.1. The van der Waals surface area contributed by atoms with E-state index in [9.17, 15) is 9.90 Å². The van der Waals surface area contributed by atoms with Gasteiger partial charge in [0.1, 0.15) is 0 Å². The highest BCUT2D eigenvalue weighted by Gasteiger charge is 2.42. The van der Waals surface area contributed by atoms with Crippen molar-refractivity contribution in [2.45, 2.75) is 43.6 Å². The Morgan fingerprint density at radius 3 is 2.62 bits per heavy atom. The molecule has 2 rings (SSSR count). The molecule has 1 amide bonds. The Hall–Kier alpha value is -1.39. The maximum atomic E-state index is 12.7. The number of aliphatic hydroxyl groups is 1. The zero-order chi connectivity index (χ0) is 15.1. The molecule has 116 valence electrons. The predicted octanol–water partition coefficient (Wildman–Crippen LogP) is 2.01. The second kappa shape index (κ2) is 7.57. The van der Waals surface area contributed by atoms with E-state index in [2.05, 4.69) is 5.32 Å². The van der Waals surface area contributed by atoms with Crippen LogP contribution in [0.1, 0.15) is 37.7 Å². The third-order valence-corrected chi connectivity index (χ3v) is 4.34. The van der Waals surface area contributed by atoms with Crippen molar-refractivity contribution >= 4 is 5.91 Å². The summed E-state index contributed by atoms with van der Waals surface area (Å²) in [6.07, 6.45) is 3.99. The zero-order valence-electron chi connectivity index (χ0n) is 12.7. The van der Waals surface area contributed by atoms with Gasteiger partial charge in [-0.05, 0) is 24.8 Å². The summed E-state index contributed by atoms with van der Waals surface area (Å²) in [5.41, 5.74) is 0.727. The molecule has 1 aromatic rings. The van der Waals surface area contributed by atoms with E-state index < -0.39 is 6.10 Å². The lowest BCUT2D eigenvalue weighted by molar-refractivity contribution is -0.126. The van der Waals surface area contributed by atoms with E-state index in [-0.39, 0.29) is 11.3 Å². The molecule has 1 aliphatic rings. The van der Waals surface area contributed by atoms with Crippen LogP contribution in [0, 0.1) is 0 Å². The van der Waals surface area contributed by atoms with Crippen LogP contribution in [0.2, 0.25) is 0 Å². The average molecular weight is 291 g/mol. The van der Waals surface area contributed by atoms with Crippen molar-refractivity contribution in [2.75, 3.05) is 20.3 Å². The van der Waals surface area contributed by atoms with Gasteiger partial charge in [-0.15, -0.1) is 0 Å². The topological polar surface area (TPSA) is 58.6 Å². The van der Waals surface area contributed by atoms with Crippen molar-refractivity contribution in [3.63, 3.8) is 0 Å². The molecule has 0 radical (unpaired) electrons. The standard InChI is InChI=1S/C17H25NO3/c1-21-13-15(19)9-12-18-16(20)17(10-5-6-11-17)14-7-3-2-4-8-14/h2-4,7-8,15,19H,5-6,9-13H2,1H3,(H,18,20). The molecule has 4 nitrogen and oxygen atoms in total. The van der Waals surface area contributed by atoms with Gasteiger partial charge in [-0.1, -0.05) is 43.2 Å². The van der Waals surface area contributed by atoms with Crippen LogP contribution in [0.3, 0.4) is 0 Å². The Labute approximate surface area is 126 Å². The Kier molecular flexibility index (Phi) is 5.76. The van der Waals surface area contributed by atoms with E-state index in [1.54, 1.807) is 7.11 Å². The van der Waals surface area contributed by atoms with E-state index in [1.165, 1.54) is 0 Å². The van der Waals surface area contributed by atoms with Gasteiger partial charge >= 0.3 is 0 Å². The number of rotatable bonds is 7. The fourth-order valence-electron chi connectivity index (χ4n) is 3.18. The van der Waals surface area contributed by atoms with Crippen LogP contribution in [0.15, 0.2) is 30.3 Å². The summed E-state index contributed by atoms with van der Waals surface area (Å²) in [4.78, 5) is 12.7. The molecular formula is C17H25NO3. The normalized spacial score (nSPS) is 18.4. The minimum Gasteiger partial charge on any atom is -0.391 e. The number of aliphatic hydroxyl groups excluding tert-OH is 1. The first-order chi connectivity index (χ1) is 10.2. The lowest BCUT2D eigenvalue weighted by Gasteiger charge is -2.28. The molecule has 0 spiro atoms. The van der Waals surface area contributed by atoms with Gasteiger partial charge in [0.25, 0.3) is 0 Å². The fraction of sp³-hybridized carbons (Fsp3) is 0.588. The maximum absolute atomic E-state index is 12.7. The first-order valence-corrected chi connectivity index (χ1v) is 7.70. The number of carbonyl (C=O) groups is 1. The van der Waals surface area contributed by atoms with Crippen LogP contribution < -0.4 is 5.32 Å². The van der Waals surface area contributed by atoms with Gasteiger partial charge < -0.3 is 15.2 Å². The fourth-order valence-corrected chi connectivity index (χ4v) is 3.18. The Balaban J connectivity index is 1.97. The highest BCUT2D eigenvalue weighted by Crippen LogP contribution is 2.41. The number of ether oxygens (including phenoxy) is 1. The molecule has 1 unspecified atom stereocenters. The second-order valence-corrected chi connectivity index (χ2v) is 5.81. The van der Waals surface area contributed by atoms with E-state index in [4.69, 9.17) is 4.74 Å². The van der Waals surface area contributed by atoms with Gasteiger partial charge in [0.2, 0.25) is 5.91 Å². The largest absolute Gasteiger partial charge is 0.391 e. The summed E-state index contributed by atoms with van der Waals surface area (Å²) in [6.45, 7) is 0.789. The molecule has 1 atom stereocenters. The van der Waals surface area contributed by atoms with Crippen LogP contribution in [-0.4, -0.2) is 37.4 Å². The van der Waals surface area contributed by atoms with Crippen molar-refractivity contribution in [1.29, 1.82) is 0 Å². The third kappa shape index (κ3) is 3.83. The average Bonchev–Trinajstić information content (AvgIpc) is 2.99. The van der Waals surface area contributed by atoms with E-state index >= 15 is 0 Å². The number of hydrogen-bond donors (Lipinski definition) is 2. The van der Waals surface area contributed by atoms with Crippen molar-refractivity contribution < 1.29 is 14.6 Å². The molecule has 21 heavy (non-hydrogen) atoms. The van der Waals surface area contributed by atoms with Gasteiger partial charge in [0.05, 0.1) is 18.1 Å². The van der Waals surface area contributed by atoms with Crippen molar-refractivity contribution in [1.82, 2.24) is 5.32 Å². The quantitative estimate of drug-likeness (QED) is 0.808. The van der Waals surface area contributed by atoms with E-state index in [0.29, 0.717) is 19.6 Å². The number of amides is 1. The molecule has 4 heteroatoms. The number of hydrogen-bond acceptors (Lipinski definition) is 3. The Morgan fingerprint density at radius 2 is 2.00 bits per heavy atom. The lowest BCUT2D eigenvalue weighted by Crippen LogP contribution is -2.43. The van der Waals surface area contributed by atoms with Crippen LogP contribution in [0.4, 0.5) is 0 Å². The summed E-state index contributed by atoms with van der Waals surface area (Å²) in [5.74, 6) is 0.0933. The molecule has 1 aromatic carbocycles. The summed E-state index contributed by atoms with van der Waals surface area (Å²) < 4.78 is 4.89. The van der Waals surface area contributed by atoms with Crippen LogP contribution in [-0.2, 0) is 14.9 Å². The Morgan fingerprint density at radius 1 is 1.33 bits per heavy atom.